The van der Waals surface area contributed by atoms with Crippen LogP contribution in [0.3, 0.4) is 0 Å². The Morgan fingerprint density at radius 1 is 1.02 bits per heavy atom. The molecule has 0 amide bonds. The number of hydrogen-bond donors (Lipinski definition) is 3. The Kier molecular flexibility index (Phi) is 8.51. The van der Waals surface area contributed by atoms with Crippen LogP contribution in [0.5, 0.6) is 0 Å². The van der Waals surface area contributed by atoms with Crippen LogP contribution in [0.1, 0.15) is 92.9 Å². The smallest absolute Gasteiger partial charge is 0.306 e. The van der Waals surface area contributed by atoms with Crippen molar-refractivity contribution in [3.05, 3.63) is 23.3 Å². The molecule has 3 N–H and O–H groups in total. The highest BCUT2D eigenvalue weighted by Crippen LogP contribution is 2.77. The van der Waals surface area contributed by atoms with E-state index in [1.807, 2.05) is 0 Å². The van der Waals surface area contributed by atoms with Gasteiger partial charge in [0.2, 0.25) is 0 Å². The summed E-state index contributed by atoms with van der Waals surface area (Å²) >= 11 is 0. The molecule has 8 atom stereocenters. The predicted octanol–water partition coefficient (Wildman–Crippen LogP) is 3.37. The molecule has 0 aliphatic heterocycles. The SMILES string of the molecule is CCCCCCCCCC(=O)OC1C(C)C2(O)C(C(=O)C(CO)=CC3(O)C(=O)C(C)=CC32)C2C(C)(C)C12OC(C)=O. The topological polar surface area (TPSA) is 147 Å². The Balaban J connectivity index is 1.72. The first kappa shape index (κ1) is 31.6. The van der Waals surface area contributed by atoms with Crippen molar-refractivity contribution in [2.24, 2.45) is 29.1 Å². The zero-order valence-electron chi connectivity index (χ0n) is 25.2. The molecule has 0 aromatic rings. The second-order valence-electron chi connectivity index (χ2n) is 13.2. The van der Waals surface area contributed by atoms with E-state index in [1.165, 1.54) is 26.3 Å². The van der Waals surface area contributed by atoms with E-state index in [0.717, 1.165) is 38.2 Å². The van der Waals surface area contributed by atoms with Gasteiger partial charge in [0.05, 0.1) is 18.1 Å². The van der Waals surface area contributed by atoms with Crippen molar-refractivity contribution in [3.63, 3.8) is 0 Å². The number of carbonyl (C=O) groups is 4. The van der Waals surface area contributed by atoms with Crippen LogP contribution in [0.2, 0.25) is 0 Å². The second-order valence-corrected chi connectivity index (χ2v) is 13.2. The Bertz CT molecular complexity index is 1170. The van der Waals surface area contributed by atoms with E-state index in [-0.39, 0.29) is 17.6 Å². The number of aliphatic hydroxyl groups is 3. The molecule has 4 rings (SSSR count). The summed E-state index contributed by atoms with van der Waals surface area (Å²) in [5.41, 5.74) is -6.60. The fraction of sp³-hybridized carbons (Fsp3) is 0.750. The lowest BCUT2D eigenvalue weighted by Crippen LogP contribution is -2.67. The molecule has 0 aromatic carbocycles. The second kappa shape index (κ2) is 11.0. The number of hydrogen-bond acceptors (Lipinski definition) is 9. The van der Waals surface area contributed by atoms with E-state index in [2.05, 4.69) is 6.92 Å². The summed E-state index contributed by atoms with van der Waals surface area (Å²) in [7, 11) is 0. The number of Topliss-reactive ketones (excluding diaryl/α,β-unsaturated/α-hetero) is 2. The molecule has 0 aromatic heterocycles. The minimum Gasteiger partial charge on any atom is -0.458 e. The molecule has 2 saturated carbocycles. The largest absolute Gasteiger partial charge is 0.458 e. The summed E-state index contributed by atoms with van der Waals surface area (Å²) < 4.78 is 12.0. The Morgan fingerprint density at radius 2 is 1.63 bits per heavy atom. The Morgan fingerprint density at radius 3 is 2.22 bits per heavy atom. The van der Waals surface area contributed by atoms with E-state index in [1.54, 1.807) is 20.8 Å². The summed E-state index contributed by atoms with van der Waals surface area (Å²) in [6, 6.07) is 0. The predicted molar refractivity (Wildman–Crippen MR) is 149 cm³/mol. The lowest BCUT2D eigenvalue weighted by molar-refractivity contribution is -0.229. The van der Waals surface area contributed by atoms with Crippen molar-refractivity contribution in [1.82, 2.24) is 0 Å². The van der Waals surface area contributed by atoms with Crippen LogP contribution in [-0.2, 0) is 28.7 Å². The first-order valence-electron chi connectivity index (χ1n) is 15.1. The number of fused-ring (bicyclic) bond motifs is 5. The standard InChI is InChI=1S/C32H46O9/c1-7-8-9-10-11-12-13-14-23(35)40-28-19(3)31(39)22-15-18(2)27(37)30(22,38)16-21(17-33)25(36)24(31)26-29(5,6)32(26,28)41-20(4)34/h15-16,19,22,24,26,28,33,38-39H,7-14,17H2,1-6H3. The summed E-state index contributed by atoms with van der Waals surface area (Å²) in [5.74, 6) is -6.71. The number of esters is 2. The molecule has 9 nitrogen and oxygen atoms in total. The van der Waals surface area contributed by atoms with Gasteiger partial charge in [-0.1, -0.05) is 72.3 Å². The van der Waals surface area contributed by atoms with Gasteiger partial charge in [0.1, 0.15) is 6.10 Å². The molecular weight excluding hydrogens is 528 g/mol. The number of unbranched alkanes of at least 4 members (excludes halogenated alkanes) is 6. The summed E-state index contributed by atoms with van der Waals surface area (Å²) in [6.07, 6.45) is 8.70. The van der Waals surface area contributed by atoms with Crippen LogP contribution in [-0.4, -0.2) is 68.3 Å². The highest BCUT2D eigenvalue weighted by atomic mass is 16.6. The van der Waals surface area contributed by atoms with E-state index in [0.29, 0.717) is 6.42 Å². The zero-order chi connectivity index (χ0) is 30.5. The highest BCUT2D eigenvalue weighted by Gasteiger charge is 2.89. The third-order valence-electron chi connectivity index (χ3n) is 10.4. The van der Waals surface area contributed by atoms with Crippen molar-refractivity contribution in [3.8, 4) is 0 Å². The van der Waals surface area contributed by atoms with Gasteiger partial charge >= 0.3 is 11.9 Å². The van der Waals surface area contributed by atoms with E-state index in [9.17, 15) is 34.5 Å². The van der Waals surface area contributed by atoms with Crippen molar-refractivity contribution >= 4 is 23.5 Å². The van der Waals surface area contributed by atoms with Gasteiger partial charge in [-0.2, -0.15) is 0 Å². The van der Waals surface area contributed by atoms with Crippen molar-refractivity contribution in [1.29, 1.82) is 0 Å². The van der Waals surface area contributed by atoms with Crippen LogP contribution < -0.4 is 0 Å². The molecule has 0 bridgehead atoms. The average Bonchev–Trinajstić information content (AvgIpc) is 3.30. The maximum absolute atomic E-state index is 14.0. The minimum atomic E-state index is -2.26. The first-order chi connectivity index (χ1) is 19.2. The number of ketones is 2. The van der Waals surface area contributed by atoms with Crippen LogP contribution in [0.15, 0.2) is 23.3 Å². The molecule has 0 radical (unpaired) electrons. The quantitative estimate of drug-likeness (QED) is 0.250. The lowest BCUT2D eigenvalue weighted by Gasteiger charge is -2.52. The van der Waals surface area contributed by atoms with Crippen molar-refractivity contribution in [2.75, 3.05) is 6.61 Å². The molecule has 0 spiro atoms. The van der Waals surface area contributed by atoms with Gasteiger partial charge in [0, 0.05) is 42.1 Å². The van der Waals surface area contributed by atoms with E-state index >= 15 is 0 Å². The van der Waals surface area contributed by atoms with Gasteiger partial charge in [-0.05, 0) is 25.0 Å². The highest BCUT2D eigenvalue weighted by molar-refractivity contribution is 6.09. The first-order valence-corrected chi connectivity index (χ1v) is 15.1. The normalized spacial score (nSPS) is 38.6. The Hall–Kier alpha value is -2.36. The summed E-state index contributed by atoms with van der Waals surface area (Å²) in [5, 5.41) is 34.5. The van der Waals surface area contributed by atoms with Crippen molar-refractivity contribution in [2.45, 2.75) is 116 Å². The zero-order valence-corrected chi connectivity index (χ0v) is 25.2. The maximum atomic E-state index is 14.0. The molecule has 4 aliphatic rings. The van der Waals surface area contributed by atoms with Gasteiger partial charge in [0.25, 0.3) is 0 Å². The monoisotopic (exact) mass is 574 g/mol. The fourth-order valence-corrected chi connectivity index (χ4v) is 8.33. The third kappa shape index (κ3) is 4.63. The molecule has 4 aliphatic carbocycles. The van der Waals surface area contributed by atoms with E-state index in [4.69, 9.17) is 9.47 Å². The number of carbonyl (C=O) groups excluding carboxylic acids is 4. The van der Waals surface area contributed by atoms with Crippen molar-refractivity contribution < 1.29 is 44.0 Å². The summed E-state index contributed by atoms with van der Waals surface area (Å²) in [6.45, 7) is 9.39. The Labute approximate surface area is 242 Å². The van der Waals surface area contributed by atoms with Gasteiger partial charge in [0.15, 0.2) is 22.8 Å². The van der Waals surface area contributed by atoms with Gasteiger partial charge in [-0.3, -0.25) is 19.2 Å². The van der Waals surface area contributed by atoms with Crippen LogP contribution in [0, 0.1) is 29.1 Å². The molecule has 9 heteroatoms. The van der Waals surface area contributed by atoms with Crippen LogP contribution >= 0.6 is 0 Å². The number of aliphatic hydroxyl groups excluding tert-OH is 1. The molecule has 8 unspecified atom stereocenters. The third-order valence-corrected chi connectivity index (χ3v) is 10.4. The van der Waals surface area contributed by atoms with Gasteiger partial charge in [-0.15, -0.1) is 0 Å². The molecule has 228 valence electrons. The number of rotatable bonds is 11. The maximum Gasteiger partial charge on any atom is 0.306 e. The van der Waals surface area contributed by atoms with Gasteiger partial charge < -0.3 is 24.8 Å². The molecule has 41 heavy (non-hydrogen) atoms. The fourth-order valence-electron chi connectivity index (χ4n) is 8.33. The number of ether oxygens (including phenoxy) is 2. The molecule has 0 heterocycles. The van der Waals surface area contributed by atoms with Crippen LogP contribution in [0.4, 0.5) is 0 Å². The average molecular weight is 575 g/mol. The van der Waals surface area contributed by atoms with E-state index < -0.39 is 82.1 Å². The molecular formula is C32H46O9. The summed E-state index contributed by atoms with van der Waals surface area (Å²) in [4.78, 5) is 52.9. The minimum absolute atomic E-state index is 0.153. The van der Waals surface area contributed by atoms with Crippen LogP contribution in [0.25, 0.3) is 0 Å². The van der Waals surface area contributed by atoms with Gasteiger partial charge in [-0.25, -0.2) is 0 Å². The molecule has 0 saturated heterocycles. The molecule has 2 fully saturated rings. The lowest BCUT2D eigenvalue weighted by atomic mass is 9.58.